The molecule has 0 bridgehead atoms. The van der Waals surface area contributed by atoms with E-state index in [1.54, 1.807) is 0 Å². The standard InChI is InChI=1S/C10H20O6/c1-2-3-4-15-10-9(14)8(13)7(12)6(5-11)16-10/h6-14H,2-5H2,1H3/t6-,7-,8-,9+,10+/m1/s1. The van der Waals surface area contributed by atoms with E-state index in [1.807, 2.05) is 6.92 Å². The second-order valence-corrected chi connectivity index (χ2v) is 3.92. The SMILES string of the molecule is CCCCO[C@H]1O[C@H](CO)[C@@H](O)[C@@H](O)[C@@H]1O. The van der Waals surface area contributed by atoms with Crippen molar-refractivity contribution in [3.05, 3.63) is 0 Å². The summed E-state index contributed by atoms with van der Waals surface area (Å²) in [6.45, 7) is 1.97. The summed E-state index contributed by atoms with van der Waals surface area (Å²) in [6.07, 6.45) is -4.13. The molecule has 1 aliphatic rings. The normalized spacial score (nSPS) is 39.9. The molecule has 6 heteroatoms. The van der Waals surface area contributed by atoms with Crippen molar-refractivity contribution in [2.24, 2.45) is 0 Å². The molecule has 0 radical (unpaired) electrons. The molecule has 0 aromatic carbocycles. The molecule has 0 spiro atoms. The maximum atomic E-state index is 9.58. The van der Waals surface area contributed by atoms with Gasteiger partial charge in [0.15, 0.2) is 6.29 Å². The second-order valence-electron chi connectivity index (χ2n) is 3.92. The van der Waals surface area contributed by atoms with Crippen LogP contribution in [0.15, 0.2) is 0 Å². The van der Waals surface area contributed by atoms with Crippen molar-refractivity contribution >= 4 is 0 Å². The van der Waals surface area contributed by atoms with Gasteiger partial charge in [-0.05, 0) is 6.42 Å². The molecule has 16 heavy (non-hydrogen) atoms. The van der Waals surface area contributed by atoms with Crippen molar-refractivity contribution < 1.29 is 29.9 Å². The predicted molar refractivity (Wildman–Crippen MR) is 54.6 cm³/mol. The van der Waals surface area contributed by atoms with Gasteiger partial charge < -0.3 is 29.9 Å². The Morgan fingerprint density at radius 3 is 2.38 bits per heavy atom. The number of unbranched alkanes of at least 4 members (excludes halogenated alkanes) is 1. The van der Waals surface area contributed by atoms with E-state index < -0.39 is 37.3 Å². The van der Waals surface area contributed by atoms with Crippen LogP contribution < -0.4 is 0 Å². The fourth-order valence-corrected chi connectivity index (χ4v) is 1.55. The smallest absolute Gasteiger partial charge is 0.186 e. The lowest BCUT2D eigenvalue weighted by molar-refractivity contribution is -0.301. The number of aliphatic hydroxyl groups is 4. The van der Waals surface area contributed by atoms with Crippen LogP contribution in [0.2, 0.25) is 0 Å². The Morgan fingerprint density at radius 2 is 1.81 bits per heavy atom. The Labute approximate surface area is 94.4 Å². The lowest BCUT2D eigenvalue weighted by atomic mass is 9.99. The van der Waals surface area contributed by atoms with Crippen LogP contribution in [-0.4, -0.2) is 64.3 Å². The molecule has 0 unspecified atom stereocenters. The zero-order chi connectivity index (χ0) is 12.1. The molecule has 1 fully saturated rings. The highest BCUT2D eigenvalue weighted by Gasteiger charge is 2.43. The van der Waals surface area contributed by atoms with Crippen LogP contribution in [0.5, 0.6) is 0 Å². The first kappa shape index (κ1) is 13.8. The van der Waals surface area contributed by atoms with Gasteiger partial charge in [-0.3, -0.25) is 0 Å². The fraction of sp³-hybridized carbons (Fsp3) is 1.00. The van der Waals surface area contributed by atoms with Crippen LogP contribution in [0, 0.1) is 0 Å². The van der Waals surface area contributed by atoms with E-state index >= 15 is 0 Å². The van der Waals surface area contributed by atoms with Gasteiger partial charge in [-0.1, -0.05) is 13.3 Å². The zero-order valence-electron chi connectivity index (χ0n) is 9.32. The molecular weight excluding hydrogens is 216 g/mol. The Kier molecular flexibility index (Phi) is 5.60. The average Bonchev–Trinajstić information content (AvgIpc) is 2.29. The Morgan fingerprint density at radius 1 is 1.12 bits per heavy atom. The van der Waals surface area contributed by atoms with Gasteiger partial charge in [-0.15, -0.1) is 0 Å². The minimum atomic E-state index is -1.36. The minimum absolute atomic E-state index is 0.402. The molecule has 6 nitrogen and oxygen atoms in total. The van der Waals surface area contributed by atoms with Gasteiger partial charge in [-0.25, -0.2) is 0 Å². The van der Waals surface area contributed by atoms with Crippen LogP contribution in [0.1, 0.15) is 19.8 Å². The molecule has 1 rings (SSSR count). The molecular formula is C10H20O6. The van der Waals surface area contributed by atoms with Crippen molar-refractivity contribution in [1.82, 2.24) is 0 Å². The van der Waals surface area contributed by atoms with Crippen molar-refractivity contribution in [2.45, 2.75) is 50.5 Å². The maximum Gasteiger partial charge on any atom is 0.186 e. The summed E-state index contributed by atoms with van der Waals surface area (Å²) >= 11 is 0. The zero-order valence-corrected chi connectivity index (χ0v) is 9.32. The van der Waals surface area contributed by atoms with Crippen LogP contribution in [0.25, 0.3) is 0 Å². The Hall–Kier alpha value is -0.240. The highest BCUT2D eigenvalue weighted by Crippen LogP contribution is 2.21. The molecule has 0 aliphatic carbocycles. The lowest BCUT2D eigenvalue weighted by Crippen LogP contribution is -2.59. The quantitative estimate of drug-likeness (QED) is 0.438. The first-order valence-electron chi connectivity index (χ1n) is 5.54. The molecule has 96 valence electrons. The number of hydrogen-bond donors (Lipinski definition) is 4. The number of aliphatic hydroxyl groups excluding tert-OH is 4. The third-order valence-corrected chi connectivity index (χ3v) is 2.63. The van der Waals surface area contributed by atoms with Crippen molar-refractivity contribution in [3.8, 4) is 0 Å². The van der Waals surface area contributed by atoms with Gasteiger partial charge in [0.2, 0.25) is 0 Å². The van der Waals surface area contributed by atoms with Crippen molar-refractivity contribution in [3.63, 3.8) is 0 Å². The molecule has 5 atom stereocenters. The Bertz CT molecular complexity index is 198. The summed E-state index contributed by atoms with van der Waals surface area (Å²) < 4.78 is 10.4. The van der Waals surface area contributed by atoms with Gasteiger partial charge in [0.1, 0.15) is 24.4 Å². The lowest BCUT2D eigenvalue weighted by Gasteiger charge is -2.39. The first-order valence-corrected chi connectivity index (χ1v) is 5.54. The number of hydrogen-bond acceptors (Lipinski definition) is 6. The summed E-state index contributed by atoms with van der Waals surface area (Å²) in [7, 11) is 0. The molecule has 1 saturated heterocycles. The van der Waals surface area contributed by atoms with Crippen LogP contribution in [0.4, 0.5) is 0 Å². The van der Waals surface area contributed by atoms with E-state index in [1.165, 1.54) is 0 Å². The largest absolute Gasteiger partial charge is 0.394 e. The summed E-state index contributed by atoms with van der Waals surface area (Å²) in [5, 5.41) is 37.5. The van der Waals surface area contributed by atoms with Crippen molar-refractivity contribution in [1.29, 1.82) is 0 Å². The summed E-state index contributed by atoms with van der Waals surface area (Å²) in [4.78, 5) is 0. The summed E-state index contributed by atoms with van der Waals surface area (Å²) in [6, 6.07) is 0. The van der Waals surface area contributed by atoms with Crippen LogP contribution in [-0.2, 0) is 9.47 Å². The van der Waals surface area contributed by atoms with E-state index in [0.29, 0.717) is 6.61 Å². The molecule has 0 saturated carbocycles. The highest BCUT2D eigenvalue weighted by molar-refractivity contribution is 4.88. The van der Waals surface area contributed by atoms with E-state index in [4.69, 9.17) is 14.6 Å². The Balaban J connectivity index is 2.50. The van der Waals surface area contributed by atoms with Gasteiger partial charge in [0.25, 0.3) is 0 Å². The fourth-order valence-electron chi connectivity index (χ4n) is 1.55. The number of rotatable bonds is 5. The monoisotopic (exact) mass is 236 g/mol. The second kappa shape index (κ2) is 6.48. The highest BCUT2D eigenvalue weighted by atomic mass is 16.7. The molecule has 4 N–H and O–H groups in total. The summed E-state index contributed by atoms with van der Waals surface area (Å²) in [5.41, 5.74) is 0. The van der Waals surface area contributed by atoms with Crippen molar-refractivity contribution in [2.75, 3.05) is 13.2 Å². The van der Waals surface area contributed by atoms with E-state index in [9.17, 15) is 15.3 Å². The molecule has 0 aromatic rings. The van der Waals surface area contributed by atoms with Crippen LogP contribution >= 0.6 is 0 Å². The molecule has 1 heterocycles. The van der Waals surface area contributed by atoms with Gasteiger partial charge in [-0.2, -0.15) is 0 Å². The van der Waals surface area contributed by atoms with Gasteiger partial charge in [0.05, 0.1) is 6.61 Å². The summed E-state index contributed by atoms with van der Waals surface area (Å²) in [5.74, 6) is 0. The van der Waals surface area contributed by atoms with E-state index in [2.05, 4.69) is 0 Å². The number of ether oxygens (including phenoxy) is 2. The minimum Gasteiger partial charge on any atom is -0.394 e. The topological polar surface area (TPSA) is 99.4 Å². The van der Waals surface area contributed by atoms with Gasteiger partial charge in [0, 0.05) is 6.61 Å². The third-order valence-electron chi connectivity index (χ3n) is 2.63. The van der Waals surface area contributed by atoms with Gasteiger partial charge >= 0.3 is 0 Å². The van der Waals surface area contributed by atoms with E-state index in [0.717, 1.165) is 12.8 Å². The van der Waals surface area contributed by atoms with Crippen LogP contribution in [0.3, 0.4) is 0 Å². The third kappa shape index (κ3) is 3.13. The first-order chi connectivity index (χ1) is 7.61. The maximum absolute atomic E-state index is 9.58. The predicted octanol–water partition coefficient (Wildman–Crippen LogP) is -1.40. The molecule has 0 amide bonds. The molecule has 1 aliphatic heterocycles. The molecule has 0 aromatic heterocycles. The van der Waals surface area contributed by atoms with E-state index in [-0.39, 0.29) is 0 Å². The average molecular weight is 236 g/mol.